The van der Waals surface area contributed by atoms with E-state index in [9.17, 15) is 0 Å². The molecule has 0 radical (unpaired) electrons. The standard InChI is InChI=1S/C15H18ClN3O2/c1-17-14-7-15(16)19-9-10(14)8-18-11-4-12(20-2)6-13(5-11)21-3/h4-7,9,18H,8H2,1-3H3,(H,17,19). The van der Waals surface area contributed by atoms with E-state index in [4.69, 9.17) is 21.1 Å². The molecule has 1 aromatic carbocycles. The van der Waals surface area contributed by atoms with Crippen LogP contribution in [0.2, 0.25) is 5.15 Å². The van der Waals surface area contributed by atoms with Crippen molar-refractivity contribution in [3.8, 4) is 11.5 Å². The minimum atomic E-state index is 0.464. The van der Waals surface area contributed by atoms with Crippen LogP contribution in [0.25, 0.3) is 0 Å². The van der Waals surface area contributed by atoms with Gasteiger partial charge in [0.1, 0.15) is 16.7 Å². The number of pyridine rings is 1. The van der Waals surface area contributed by atoms with Crippen molar-refractivity contribution in [1.82, 2.24) is 4.98 Å². The summed E-state index contributed by atoms with van der Waals surface area (Å²) in [5.41, 5.74) is 2.87. The van der Waals surface area contributed by atoms with Crippen molar-refractivity contribution in [1.29, 1.82) is 0 Å². The second-order valence-electron chi connectivity index (χ2n) is 4.37. The summed E-state index contributed by atoms with van der Waals surface area (Å²) in [5.74, 6) is 1.47. The predicted molar refractivity (Wildman–Crippen MR) is 85.7 cm³/mol. The Morgan fingerprint density at radius 1 is 1.10 bits per heavy atom. The zero-order chi connectivity index (χ0) is 15.2. The van der Waals surface area contributed by atoms with E-state index >= 15 is 0 Å². The highest BCUT2D eigenvalue weighted by Crippen LogP contribution is 2.27. The summed E-state index contributed by atoms with van der Waals surface area (Å²) in [7, 11) is 5.10. The Balaban J connectivity index is 2.16. The number of rotatable bonds is 6. The van der Waals surface area contributed by atoms with Crippen LogP contribution < -0.4 is 20.1 Å². The first kappa shape index (κ1) is 15.3. The number of hydrogen-bond acceptors (Lipinski definition) is 5. The maximum absolute atomic E-state index is 5.89. The number of ether oxygens (including phenoxy) is 2. The second kappa shape index (κ2) is 7.04. The van der Waals surface area contributed by atoms with Gasteiger partial charge in [0.05, 0.1) is 14.2 Å². The van der Waals surface area contributed by atoms with E-state index in [2.05, 4.69) is 15.6 Å². The molecule has 0 saturated carbocycles. The van der Waals surface area contributed by atoms with Gasteiger partial charge in [0.15, 0.2) is 0 Å². The Morgan fingerprint density at radius 2 is 1.76 bits per heavy atom. The van der Waals surface area contributed by atoms with Gasteiger partial charge < -0.3 is 20.1 Å². The SMILES string of the molecule is CNc1cc(Cl)ncc1CNc1cc(OC)cc(OC)c1. The van der Waals surface area contributed by atoms with E-state index in [1.54, 1.807) is 26.5 Å². The molecular weight excluding hydrogens is 290 g/mol. The monoisotopic (exact) mass is 307 g/mol. The summed E-state index contributed by atoms with van der Waals surface area (Å²) in [6.07, 6.45) is 1.75. The van der Waals surface area contributed by atoms with Crippen LogP contribution in [0.3, 0.4) is 0 Å². The molecule has 21 heavy (non-hydrogen) atoms. The third-order valence-electron chi connectivity index (χ3n) is 3.06. The minimum Gasteiger partial charge on any atom is -0.497 e. The van der Waals surface area contributed by atoms with Crippen LogP contribution in [0.5, 0.6) is 11.5 Å². The van der Waals surface area contributed by atoms with Gasteiger partial charge in [-0.1, -0.05) is 11.6 Å². The lowest BCUT2D eigenvalue weighted by atomic mass is 10.2. The minimum absolute atomic E-state index is 0.464. The van der Waals surface area contributed by atoms with Crippen molar-refractivity contribution >= 4 is 23.0 Å². The summed E-state index contributed by atoms with van der Waals surface area (Å²) in [6.45, 7) is 0.608. The first-order chi connectivity index (χ1) is 10.2. The maximum atomic E-state index is 5.89. The summed E-state index contributed by atoms with van der Waals surface area (Å²) < 4.78 is 10.5. The molecule has 0 spiro atoms. The molecule has 5 nitrogen and oxygen atoms in total. The van der Waals surface area contributed by atoms with Crippen LogP contribution in [-0.2, 0) is 6.54 Å². The van der Waals surface area contributed by atoms with Crippen LogP contribution in [0.15, 0.2) is 30.5 Å². The fourth-order valence-corrected chi connectivity index (χ4v) is 2.10. The topological polar surface area (TPSA) is 55.4 Å². The average molecular weight is 308 g/mol. The number of nitrogens with one attached hydrogen (secondary N) is 2. The molecule has 0 unspecified atom stereocenters. The fraction of sp³-hybridized carbons (Fsp3) is 0.267. The average Bonchev–Trinajstić information content (AvgIpc) is 2.53. The number of methoxy groups -OCH3 is 2. The Kier molecular flexibility index (Phi) is 5.11. The number of hydrogen-bond donors (Lipinski definition) is 2. The molecule has 0 atom stereocenters. The molecule has 0 aliphatic heterocycles. The maximum Gasteiger partial charge on any atom is 0.131 e. The highest BCUT2D eigenvalue weighted by Gasteiger charge is 2.05. The van der Waals surface area contributed by atoms with Gasteiger partial charge in [0.25, 0.3) is 0 Å². The normalized spacial score (nSPS) is 10.1. The van der Waals surface area contributed by atoms with Crippen molar-refractivity contribution < 1.29 is 9.47 Å². The van der Waals surface area contributed by atoms with Gasteiger partial charge in [-0.3, -0.25) is 0 Å². The van der Waals surface area contributed by atoms with Gasteiger partial charge in [-0.2, -0.15) is 0 Å². The molecule has 2 rings (SSSR count). The van der Waals surface area contributed by atoms with Gasteiger partial charge in [0, 0.05) is 54.9 Å². The van der Waals surface area contributed by atoms with Crippen LogP contribution in [-0.4, -0.2) is 26.3 Å². The van der Waals surface area contributed by atoms with Gasteiger partial charge >= 0.3 is 0 Å². The van der Waals surface area contributed by atoms with E-state index in [1.807, 2.05) is 25.2 Å². The second-order valence-corrected chi connectivity index (χ2v) is 4.76. The first-order valence-electron chi connectivity index (χ1n) is 6.45. The van der Waals surface area contributed by atoms with Crippen molar-refractivity contribution in [2.75, 3.05) is 31.9 Å². The molecule has 1 heterocycles. The molecule has 2 N–H and O–H groups in total. The summed E-state index contributed by atoms with van der Waals surface area (Å²) in [6, 6.07) is 7.44. The Hall–Kier alpha value is -2.14. The van der Waals surface area contributed by atoms with E-state index < -0.39 is 0 Å². The zero-order valence-electron chi connectivity index (χ0n) is 12.2. The third kappa shape index (κ3) is 3.92. The molecule has 6 heteroatoms. The highest BCUT2D eigenvalue weighted by atomic mass is 35.5. The summed E-state index contributed by atoms with van der Waals surface area (Å²) in [4.78, 5) is 4.10. The molecular formula is C15H18ClN3O2. The van der Waals surface area contributed by atoms with Gasteiger partial charge in [0.2, 0.25) is 0 Å². The fourth-order valence-electron chi connectivity index (χ4n) is 1.94. The molecule has 0 saturated heterocycles. The summed E-state index contributed by atoms with van der Waals surface area (Å²) >= 11 is 5.89. The van der Waals surface area contributed by atoms with Gasteiger partial charge in [-0.25, -0.2) is 4.98 Å². The third-order valence-corrected chi connectivity index (χ3v) is 3.26. The Morgan fingerprint density at radius 3 is 2.33 bits per heavy atom. The van der Waals surface area contributed by atoms with Crippen LogP contribution >= 0.6 is 11.6 Å². The molecule has 0 aliphatic carbocycles. The molecule has 0 bridgehead atoms. The first-order valence-corrected chi connectivity index (χ1v) is 6.83. The summed E-state index contributed by atoms with van der Waals surface area (Å²) in [5, 5.41) is 6.89. The van der Waals surface area contributed by atoms with E-state index in [-0.39, 0.29) is 0 Å². The van der Waals surface area contributed by atoms with Gasteiger partial charge in [-0.15, -0.1) is 0 Å². The Bertz CT molecular complexity index is 598. The number of anilines is 2. The molecule has 1 aromatic heterocycles. The number of halogens is 1. The smallest absolute Gasteiger partial charge is 0.131 e. The van der Waals surface area contributed by atoms with E-state index in [0.717, 1.165) is 28.4 Å². The van der Waals surface area contributed by atoms with E-state index in [0.29, 0.717) is 11.7 Å². The molecule has 2 aromatic rings. The van der Waals surface area contributed by atoms with Gasteiger partial charge in [-0.05, 0) is 6.07 Å². The number of aromatic nitrogens is 1. The number of nitrogens with zero attached hydrogens (tertiary/aromatic N) is 1. The van der Waals surface area contributed by atoms with Crippen molar-refractivity contribution in [3.05, 3.63) is 41.2 Å². The quantitative estimate of drug-likeness (QED) is 0.801. The van der Waals surface area contributed by atoms with Crippen LogP contribution in [0.4, 0.5) is 11.4 Å². The molecule has 0 aliphatic rings. The lowest BCUT2D eigenvalue weighted by molar-refractivity contribution is 0.394. The van der Waals surface area contributed by atoms with Crippen molar-refractivity contribution in [2.24, 2.45) is 0 Å². The van der Waals surface area contributed by atoms with Crippen LogP contribution in [0.1, 0.15) is 5.56 Å². The Labute approximate surface area is 129 Å². The number of benzene rings is 1. The van der Waals surface area contributed by atoms with Crippen molar-refractivity contribution in [3.63, 3.8) is 0 Å². The predicted octanol–water partition coefficient (Wildman–Crippen LogP) is 3.41. The largest absolute Gasteiger partial charge is 0.497 e. The lowest BCUT2D eigenvalue weighted by Crippen LogP contribution is -2.04. The molecule has 0 amide bonds. The highest BCUT2D eigenvalue weighted by molar-refractivity contribution is 6.29. The van der Waals surface area contributed by atoms with Crippen molar-refractivity contribution in [2.45, 2.75) is 6.54 Å². The molecule has 112 valence electrons. The van der Waals surface area contributed by atoms with E-state index in [1.165, 1.54) is 0 Å². The lowest BCUT2D eigenvalue weighted by Gasteiger charge is -2.13. The molecule has 0 fully saturated rings. The zero-order valence-corrected chi connectivity index (χ0v) is 13.0. The van der Waals surface area contributed by atoms with Crippen LogP contribution in [0, 0.1) is 0 Å².